The van der Waals surface area contributed by atoms with Crippen LogP contribution in [0.1, 0.15) is 36.1 Å². The van der Waals surface area contributed by atoms with E-state index in [-0.39, 0.29) is 22.7 Å². The van der Waals surface area contributed by atoms with Crippen LogP contribution in [0.25, 0.3) is 0 Å². The summed E-state index contributed by atoms with van der Waals surface area (Å²) < 4.78 is 0. The van der Waals surface area contributed by atoms with Crippen LogP contribution in [0.3, 0.4) is 0 Å². The van der Waals surface area contributed by atoms with Crippen molar-refractivity contribution in [1.29, 1.82) is 0 Å². The highest BCUT2D eigenvalue weighted by Crippen LogP contribution is 2.36. The van der Waals surface area contributed by atoms with E-state index in [2.05, 4.69) is 38.1 Å². The average molecular weight is 364 g/mol. The van der Waals surface area contributed by atoms with Gasteiger partial charge in [0.1, 0.15) is 5.75 Å². The first-order chi connectivity index (χ1) is 12.8. The van der Waals surface area contributed by atoms with Crippen molar-refractivity contribution in [3.63, 3.8) is 0 Å². The lowest BCUT2D eigenvalue weighted by Crippen LogP contribution is -2.18. The van der Waals surface area contributed by atoms with Crippen molar-refractivity contribution < 1.29 is 20.4 Å². The van der Waals surface area contributed by atoms with Crippen molar-refractivity contribution in [2.24, 2.45) is 0 Å². The van der Waals surface area contributed by atoms with Gasteiger partial charge in [0.2, 0.25) is 0 Å². The van der Waals surface area contributed by atoms with E-state index in [1.807, 2.05) is 12.1 Å². The molecule has 3 rings (SSSR count). The van der Waals surface area contributed by atoms with Crippen LogP contribution >= 0.6 is 0 Å². The van der Waals surface area contributed by atoms with Crippen molar-refractivity contribution >= 4 is 0 Å². The van der Waals surface area contributed by atoms with Gasteiger partial charge in [-0.25, -0.2) is 0 Å². The summed E-state index contributed by atoms with van der Waals surface area (Å²) in [5.41, 5.74) is 4.03. The summed E-state index contributed by atoms with van der Waals surface area (Å²) in [6.07, 6.45) is 1.39. The molecule has 0 amide bonds. The molecule has 0 atom stereocenters. The Labute approximate surface area is 159 Å². The number of hydrogen-bond donors (Lipinski definition) is 4. The third-order valence-electron chi connectivity index (χ3n) is 5.10. The molecule has 140 valence electrons. The molecule has 0 saturated carbocycles. The first kappa shape index (κ1) is 18.6. The zero-order chi connectivity index (χ0) is 19.6. The lowest BCUT2D eigenvalue weighted by Gasteiger charge is -2.26. The van der Waals surface area contributed by atoms with E-state index in [0.717, 1.165) is 23.1 Å². The number of phenols is 4. The Bertz CT molecular complexity index is 903. The maximum atomic E-state index is 9.60. The van der Waals surface area contributed by atoms with Crippen LogP contribution in [0.2, 0.25) is 0 Å². The van der Waals surface area contributed by atoms with Crippen LogP contribution in [-0.4, -0.2) is 20.4 Å². The fourth-order valence-corrected chi connectivity index (χ4v) is 3.23. The monoisotopic (exact) mass is 364 g/mol. The Morgan fingerprint density at radius 3 is 1.59 bits per heavy atom. The van der Waals surface area contributed by atoms with Crippen molar-refractivity contribution in [2.75, 3.05) is 0 Å². The van der Waals surface area contributed by atoms with Crippen LogP contribution in [0.5, 0.6) is 23.0 Å². The van der Waals surface area contributed by atoms with Gasteiger partial charge in [0.15, 0.2) is 17.2 Å². The molecular weight excluding hydrogens is 340 g/mol. The lowest BCUT2D eigenvalue weighted by atomic mass is 9.78. The van der Waals surface area contributed by atoms with Crippen LogP contribution < -0.4 is 0 Å². The van der Waals surface area contributed by atoms with E-state index >= 15 is 0 Å². The number of phenolic OH excluding ortho intramolecular Hbond substituents is 4. The number of aryl methyl sites for hydroxylation is 2. The molecule has 0 heterocycles. The van der Waals surface area contributed by atoms with E-state index in [1.165, 1.54) is 17.7 Å². The lowest BCUT2D eigenvalue weighted by molar-refractivity contribution is 0.367. The third kappa shape index (κ3) is 4.00. The van der Waals surface area contributed by atoms with Crippen molar-refractivity contribution in [1.82, 2.24) is 0 Å². The molecule has 0 aliphatic heterocycles. The van der Waals surface area contributed by atoms with E-state index in [4.69, 9.17) is 0 Å². The third-order valence-corrected chi connectivity index (χ3v) is 5.10. The molecule has 0 fully saturated rings. The standard InChI is InChI=1S/C23H24O4/c1-23(2,18-9-11-19(24)12-10-18)17-7-5-15(6-8-17)3-4-16-13-20(25)22(27)21(26)14-16/h5-14,24-27H,3-4H2,1-2H3. The molecule has 4 nitrogen and oxygen atoms in total. The van der Waals surface area contributed by atoms with E-state index in [0.29, 0.717) is 6.42 Å². The van der Waals surface area contributed by atoms with Crippen molar-refractivity contribution in [2.45, 2.75) is 32.1 Å². The van der Waals surface area contributed by atoms with Gasteiger partial charge in [-0.2, -0.15) is 0 Å². The SMILES string of the molecule is CC(C)(c1ccc(O)cc1)c1ccc(CCc2cc(O)c(O)c(O)c2)cc1. The molecule has 3 aromatic carbocycles. The average Bonchev–Trinajstić information content (AvgIpc) is 2.65. The summed E-state index contributed by atoms with van der Waals surface area (Å²) in [5.74, 6) is -0.845. The van der Waals surface area contributed by atoms with Gasteiger partial charge in [-0.15, -0.1) is 0 Å². The summed E-state index contributed by atoms with van der Waals surface area (Å²) in [6.45, 7) is 4.30. The van der Waals surface area contributed by atoms with E-state index in [9.17, 15) is 20.4 Å². The molecule has 0 bridgehead atoms. The molecule has 0 saturated heterocycles. The molecule has 0 aliphatic carbocycles. The van der Waals surface area contributed by atoms with E-state index < -0.39 is 5.75 Å². The summed E-state index contributed by atoms with van der Waals surface area (Å²) in [4.78, 5) is 0. The van der Waals surface area contributed by atoms with Gasteiger partial charge in [0, 0.05) is 5.41 Å². The Balaban J connectivity index is 1.72. The molecule has 0 unspecified atom stereocenters. The predicted octanol–water partition coefficient (Wildman–Crippen LogP) is 4.62. The zero-order valence-electron chi connectivity index (χ0n) is 15.5. The van der Waals surface area contributed by atoms with Crippen molar-refractivity contribution in [3.05, 3.63) is 82.9 Å². The molecule has 4 N–H and O–H groups in total. The van der Waals surface area contributed by atoms with Crippen LogP contribution in [-0.2, 0) is 18.3 Å². The molecular formula is C23H24O4. The van der Waals surface area contributed by atoms with Gasteiger partial charge < -0.3 is 20.4 Å². The van der Waals surface area contributed by atoms with Gasteiger partial charge >= 0.3 is 0 Å². The quantitative estimate of drug-likeness (QED) is 0.498. The second-order valence-corrected chi connectivity index (χ2v) is 7.35. The Kier molecular flexibility index (Phi) is 5.00. The summed E-state index contributed by atoms with van der Waals surface area (Å²) in [5, 5.41) is 38.1. The van der Waals surface area contributed by atoms with Gasteiger partial charge in [0.25, 0.3) is 0 Å². The molecule has 0 radical (unpaired) electrons. The molecule has 27 heavy (non-hydrogen) atoms. The molecule has 0 aliphatic rings. The number of aromatic hydroxyl groups is 4. The van der Waals surface area contributed by atoms with Crippen LogP contribution in [0.15, 0.2) is 60.7 Å². The number of hydrogen-bond acceptors (Lipinski definition) is 4. The van der Waals surface area contributed by atoms with Gasteiger partial charge in [-0.05, 0) is 59.4 Å². The summed E-state index contributed by atoms with van der Waals surface area (Å²) in [7, 11) is 0. The number of benzene rings is 3. The van der Waals surface area contributed by atoms with Gasteiger partial charge in [0.05, 0.1) is 0 Å². The predicted molar refractivity (Wildman–Crippen MR) is 106 cm³/mol. The summed E-state index contributed by atoms with van der Waals surface area (Å²) in [6, 6.07) is 18.6. The minimum Gasteiger partial charge on any atom is -0.508 e. The fourth-order valence-electron chi connectivity index (χ4n) is 3.23. The molecule has 0 aromatic heterocycles. The molecule has 4 heteroatoms. The molecule has 0 spiro atoms. The van der Waals surface area contributed by atoms with Gasteiger partial charge in [-0.1, -0.05) is 50.2 Å². The maximum Gasteiger partial charge on any atom is 0.200 e. The second kappa shape index (κ2) is 7.23. The minimum atomic E-state index is -0.487. The highest BCUT2D eigenvalue weighted by Gasteiger charge is 2.22. The maximum absolute atomic E-state index is 9.60. The fraction of sp³-hybridized carbons (Fsp3) is 0.217. The normalized spacial score (nSPS) is 11.5. The Morgan fingerprint density at radius 1 is 0.630 bits per heavy atom. The minimum absolute atomic E-state index is 0.180. The Hall–Kier alpha value is -3.14. The second-order valence-electron chi connectivity index (χ2n) is 7.35. The van der Waals surface area contributed by atoms with Crippen LogP contribution in [0, 0.1) is 0 Å². The largest absolute Gasteiger partial charge is 0.508 e. The smallest absolute Gasteiger partial charge is 0.200 e. The zero-order valence-corrected chi connectivity index (χ0v) is 15.5. The van der Waals surface area contributed by atoms with E-state index in [1.54, 1.807) is 12.1 Å². The number of rotatable bonds is 5. The van der Waals surface area contributed by atoms with Gasteiger partial charge in [-0.3, -0.25) is 0 Å². The van der Waals surface area contributed by atoms with Crippen molar-refractivity contribution in [3.8, 4) is 23.0 Å². The molecule has 3 aromatic rings. The first-order valence-corrected chi connectivity index (χ1v) is 8.90. The highest BCUT2D eigenvalue weighted by atomic mass is 16.3. The van der Waals surface area contributed by atoms with Crippen LogP contribution in [0.4, 0.5) is 0 Å². The first-order valence-electron chi connectivity index (χ1n) is 8.90. The Morgan fingerprint density at radius 2 is 1.07 bits per heavy atom. The summed E-state index contributed by atoms with van der Waals surface area (Å²) >= 11 is 0. The topological polar surface area (TPSA) is 80.9 Å². The highest BCUT2D eigenvalue weighted by molar-refractivity contribution is 5.51.